The maximum Gasteiger partial charge on any atom is 0.225 e. The van der Waals surface area contributed by atoms with Crippen LogP contribution in [0.15, 0.2) is 30.3 Å². The van der Waals surface area contributed by atoms with Gasteiger partial charge in [0.1, 0.15) is 0 Å². The molecule has 0 saturated carbocycles. The lowest BCUT2D eigenvalue weighted by molar-refractivity contribution is -0.134. The van der Waals surface area contributed by atoms with Crippen LogP contribution in [0.3, 0.4) is 0 Å². The van der Waals surface area contributed by atoms with Gasteiger partial charge >= 0.3 is 0 Å². The molecule has 2 N–H and O–H groups in total. The predicted octanol–water partition coefficient (Wildman–Crippen LogP) is 2.39. The highest BCUT2D eigenvalue weighted by atomic mass is 32.1. The van der Waals surface area contributed by atoms with Gasteiger partial charge in [-0.3, -0.25) is 4.79 Å². The van der Waals surface area contributed by atoms with E-state index in [0.717, 1.165) is 6.42 Å². The molecule has 0 aromatic heterocycles. The molecule has 1 amide bonds. The molecule has 4 heteroatoms. The molecule has 1 rings (SSSR count). The first-order chi connectivity index (χ1) is 9.00. The summed E-state index contributed by atoms with van der Waals surface area (Å²) < 4.78 is 0. The van der Waals surface area contributed by atoms with Crippen LogP contribution in [0.2, 0.25) is 0 Å². The molecule has 104 valence electrons. The van der Waals surface area contributed by atoms with E-state index < -0.39 is 0 Å². The molecule has 19 heavy (non-hydrogen) atoms. The van der Waals surface area contributed by atoms with Crippen LogP contribution >= 0.6 is 12.2 Å². The Labute approximate surface area is 120 Å². The SMILES string of the molecule is CC(C)C(=O)N(CCC(N)=S)CCc1ccccc1. The number of carbonyl (C=O) groups excluding carboxylic acids is 1. The predicted molar refractivity (Wildman–Crippen MR) is 83.0 cm³/mol. The van der Waals surface area contributed by atoms with E-state index in [1.165, 1.54) is 5.56 Å². The van der Waals surface area contributed by atoms with E-state index in [1.54, 1.807) is 0 Å². The zero-order chi connectivity index (χ0) is 14.3. The number of amides is 1. The van der Waals surface area contributed by atoms with Crippen molar-refractivity contribution in [1.82, 2.24) is 4.90 Å². The summed E-state index contributed by atoms with van der Waals surface area (Å²) in [7, 11) is 0. The molecule has 0 heterocycles. The Kier molecular flexibility index (Phi) is 6.50. The van der Waals surface area contributed by atoms with Crippen LogP contribution in [0.5, 0.6) is 0 Å². The molecule has 0 aliphatic carbocycles. The van der Waals surface area contributed by atoms with Crippen molar-refractivity contribution in [2.24, 2.45) is 11.7 Å². The number of carbonyl (C=O) groups is 1. The van der Waals surface area contributed by atoms with Crippen LogP contribution in [0.4, 0.5) is 0 Å². The minimum Gasteiger partial charge on any atom is -0.393 e. The smallest absolute Gasteiger partial charge is 0.225 e. The third kappa shape index (κ3) is 5.83. The Morgan fingerprint density at radius 3 is 2.42 bits per heavy atom. The molecule has 1 aromatic carbocycles. The van der Waals surface area contributed by atoms with Crippen LogP contribution in [-0.2, 0) is 11.2 Å². The molecule has 0 aliphatic rings. The fourth-order valence-corrected chi connectivity index (χ4v) is 1.94. The maximum absolute atomic E-state index is 12.1. The number of nitrogens with zero attached hydrogens (tertiary/aromatic N) is 1. The summed E-state index contributed by atoms with van der Waals surface area (Å²) in [5, 5.41) is 0. The number of rotatable bonds is 7. The number of nitrogens with two attached hydrogens (primary N) is 1. The maximum atomic E-state index is 12.1. The summed E-state index contributed by atoms with van der Waals surface area (Å²) in [5.74, 6) is 0.161. The second-order valence-electron chi connectivity index (χ2n) is 4.93. The van der Waals surface area contributed by atoms with Gasteiger partial charge in [0.05, 0.1) is 4.99 Å². The van der Waals surface area contributed by atoms with E-state index >= 15 is 0 Å². The standard InChI is InChI=1S/C15H22N2OS/c1-12(2)15(18)17(11-9-14(16)19)10-8-13-6-4-3-5-7-13/h3-7,12H,8-11H2,1-2H3,(H2,16,19). The first-order valence-corrected chi connectivity index (χ1v) is 7.02. The Morgan fingerprint density at radius 2 is 1.89 bits per heavy atom. The van der Waals surface area contributed by atoms with Gasteiger partial charge in [0, 0.05) is 25.4 Å². The van der Waals surface area contributed by atoms with Crippen molar-refractivity contribution in [3.63, 3.8) is 0 Å². The molecule has 0 saturated heterocycles. The number of benzene rings is 1. The van der Waals surface area contributed by atoms with E-state index in [2.05, 4.69) is 12.1 Å². The summed E-state index contributed by atoms with van der Waals surface area (Å²) in [4.78, 5) is 14.4. The molecule has 0 unspecified atom stereocenters. The van der Waals surface area contributed by atoms with Crippen LogP contribution in [0.25, 0.3) is 0 Å². The fraction of sp³-hybridized carbons (Fsp3) is 0.467. The first kappa shape index (κ1) is 15.6. The van der Waals surface area contributed by atoms with Gasteiger partial charge in [0.25, 0.3) is 0 Å². The quantitative estimate of drug-likeness (QED) is 0.779. The van der Waals surface area contributed by atoms with Crippen molar-refractivity contribution >= 4 is 23.1 Å². The summed E-state index contributed by atoms with van der Waals surface area (Å²) in [6.45, 7) is 5.15. The van der Waals surface area contributed by atoms with E-state index in [0.29, 0.717) is 24.5 Å². The van der Waals surface area contributed by atoms with Gasteiger partial charge in [-0.2, -0.15) is 0 Å². The molecule has 0 radical (unpaired) electrons. The van der Waals surface area contributed by atoms with Gasteiger partial charge in [-0.15, -0.1) is 0 Å². The minimum absolute atomic E-state index is 0.00196. The van der Waals surface area contributed by atoms with Gasteiger partial charge in [-0.1, -0.05) is 56.4 Å². The van der Waals surface area contributed by atoms with Crippen molar-refractivity contribution in [1.29, 1.82) is 0 Å². The van der Waals surface area contributed by atoms with Crippen LogP contribution in [0, 0.1) is 5.92 Å². The van der Waals surface area contributed by atoms with E-state index in [4.69, 9.17) is 18.0 Å². The minimum atomic E-state index is 0.00196. The zero-order valence-electron chi connectivity index (χ0n) is 11.6. The Hall–Kier alpha value is -1.42. The number of hydrogen-bond acceptors (Lipinski definition) is 2. The topological polar surface area (TPSA) is 46.3 Å². The summed E-state index contributed by atoms with van der Waals surface area (Å²) in [6.07, 6.45) is 1.44. The average Bonchev–Trinajstić information content (AvgIpc) is 2.39. The summed E-state index contributed by atoms with van der Waals surface area (Å²) >= 11 is 4.88. The molecule has 0 bridgehead atoms. The Bertz CT molecular complexity index is 417. The molecule has 1 aromatic rings. The second kappa shape index (κ2) is 7.89. The molecule has 0 aliphatic heterocycles. The fourth-order valence-electron chi connectivity index (χ4n) is 1.85. The molecular formula is C15H22N2OS. The molecule has 0 fully saturated rings. The summed E-state index contributed by atoms with van der Waals surface area (Å²) in [5.41, 5.74) is 6.75. The lowest BCUT2D eigenvalue weighted by atomic mass is 10.1. The highest BCUT2D eigenvalue weighted by molar-refractivity contribution is 7.80. The van der Waals surface area contributed by atoms with Gasteiger partial charge in [0.15, 0.2) is 0 Å². The van der Waals surface area contributed by atoms with Crippen LogP contribution in [0.1, 0.15) is 25.8 Å². The monoisotopic (exact) mass is 278 g/mol. The van der Waals surface area contributed by atoms with Crippen molar-refractivity contribution in [2.45, 2.75) is 26.7 Å². The second-order valence-corrected chi connectivity index (χ2v) is 5.46. The number of thiocarbonyl (C=S) groups is 1. The van der Waals surface area contributed by atoms with E-state index in [1.807, 2.05) is 36.9 Å². The third-order valence-corrected chi connectivity index (χ3v) is 3.15. The van der Waals surface area contributed by atoms with Crippen LogP contribution < -0.4 is 5.73 Å². The number of hydrogen-bond donors (Lipinski definition) is 1. The van der Waals surface area contributed by atoms with Gasteiger partial charge < -0.3 is 10.6 Å². The van der Waals surface area contributed by atoms with Crippen molar-refractivity contribution in [3.05, 3.63) is 35.9 Å². The molecule has 3 nitrogen and oxygen atoms in total. The lowest BCUT2D eigenvalue weighted by Crippen LogP contribution is -2.37. The van der Waals surface area contributed by atoms with Crippen molar-refractivity contribution in [2.75, 3.05) is 13.1 Å². The first-order valence-electron chi connectivity index (χ1n) is 6.61. The Morgan fingerprint density at radius 1 is 1.26 bits per heavy atom. The lowest BCUT2D eigenvalue weighted by Gasteiger charge is -2.24. The van der Waals surface area contributed by atoms with Crippen LogP contribution in [-0.4, -0.2) is 28.9 Å². The Balaban J connectivity index is 2.58. The van der Waals surface area contributed by atoms with Gasteiger partial charge in [-0.25, -0.2) is 0 Å². The van der Waals surface area contributed by atoms with Crippen molar-refractivity contribution < 1.29 is 4.79 Å². The zero-order valence-corrected chi connectivity index (χ0v) is 12.5. The average molecular weight is 278 g/mol. The third-order valence-electron chi connectivity index (χ3n) is 2.95. The molecule has 0 spiro atoms. The molecular weight excluding hydrogens is 256 g/mol. The normalized spacial score (nSPS) is 10.5. The van der Waals surface area contributed by atoms with Gasteiger partial charge in [0.2, 0.25) is 5.91 Å². The molecule has 0 atom stereocenters. The van der Waals surface area contributed by atoms with Gasteiger partial charge in [-0.05, 0) is 12.0 Å². The van der Waals surface area contributed by atoms with E-state index in [-0.39, 0.29) is 11.8 Å². The highest BCUT2D eigenvalue weighted by Crippen LogP contribution is 2.06. The highest BCUT2D eigenvalue weighted by Gasteiger charge is 2.16. The largest absolute Gasteiger partial charge is 0.393 e. The van der Waals surface area contributed by atoms with Crippen molar-refractivity contribution in [3.8, 4) is 0 Å². The summed E-state index contributed by atoms with van der Waals surface area (Å²) in [6, 6.07) is 10.2. The van der Waals surface area contributed by atoms with E-state index in [9.17, 15) is 4.79 Å².